The molecule has 1 aromatic heterocycles. The fourth-order valence-electron chi connectivity index (χ4n) is 1.71. The third-order valence-electron chi connectivity index (χ3n) is 2.66. The highest BCUT2D eigenvalue weighted by Crippen LogP contribution is 2.28. The monoisotopic (exact) mass is 380 g/mol. The van der Waals surface area contributed by atoms with Crippen LogP contribution in [0.1, 0.15) is 5.56 Å². The van der Waals surface area contributed by atoms with E-state index in [2.05, 4.69) is 9.71 Å². The lowest BCUT2D eigenvalue weighted by atomic mass is 10.2. The van der Waals surface area contributed by atoms with E-state index in [0.717, 1.165) is 0 Å². The number of rotatable bonds is 5. The van der Waals surface area contributed by atoms with Crippen LogP contribution in [0, 0.1) is 0 Å². The quantitative estimate of drug-likeness (QED) is 0.795. The zero-order chi connectivity index (χ0) is 16.3. The number of sulfonamides is 1. The first-order valence-corrected chi connectivity index (χ1v) is 8.73. The van der Waals surface area contributed by atoms with E-state index in [1.807, 2.05) is 0 Å². The average molecular weight is 382 g/mol. The summed E-state index contributed by atoms with van der Waals surface area (Å²) in [5.41, 5.74) is 0.703. The summed E-state index contributed by atoms with van der Waals surface area (Å²) < 4.78 is 31.9. The van der Waals surface area contributed by atoms with Gasteiger partial charge in [0.2, 0.25) is 10.0 Å². The number of pyridine rings is 1. The van der Waals surface area contributed by atoms with Gasteiger partial charge in [0.1, 0.15) is 16.6 Å². The zero-order valence-corrected chi connectivity index (χ0v) is 14.4. The van der Waals surface area contributed by atoms with Gasteiger partial charge in [0.25, 0.3) is 0 Å². The highest BCUT2D eigenvalue weighted by Gasteiger charge is 2.16. The molecular weight excluding hydrogens is 371 g/mol. The second-order valence-corrected chi connectivity index (χ2v) is 7.24. The van der Waals surface area contributed by atoms with E-state index in [1.54, 1.807) is 12.1 Å². The van der Waals surface area contributed by atoms with Crippen LogP contribution in [-0.2, 0) is 15.8 Å². The molecule has 9 heteroatoms. The van der Waals surface area contributed by atoms with Crippen LogP contribution in [0.3, 0.4) is 0 Å². The van der Waals surface area contributed by atoms with Crippen molar-refractivity contribution in [2.24, 2.45) is 0 Å². The molecule has 0 atom stereocenters. The molecule has 2 aromatic rings. The third-order valence-corrected chi connectivity index (χ3v) is 4.85. The van der Waals surface area contributed by atoms with E-state index in [1.165, 1.54) is 25.4 Å². The Kier molecular flexibility index (Phi) is 5.39. The lowest BCUT2D eigenvalue weighted by Crippen LogP contribution is -2.16. The van der Waals surface area contributed by atoms with Gasteiger partial charge < -0.3 is 4.74 Å². The molecule has 0 saturated heterocycles. The fourth-order valence-corrected chi connectivity index (χ4v) is 3.36. The van der Waals surface area contributed by atoms with Crippen molar-refractivity contribution in [3.63, 3.8) is 0 Å². The van der Waals surface area contributed by atoms with Crippen LogP contribution >= 0.6 is 34.8 Å². The summed E-state index contributed by atoms with van der Waals surface area (Å²) in [6.07, 6.45) is 1.29. The van der Waals surface area contributed by atoms with Crippen molar-refractivity contribution >= 4 is 50.5 Å². The van der Waals surface area contributed by atoms with Crippen molar-refractivity contribution in [1.82, 2.24) is 4.98 Å². The summed E-state index contributed by atoms with van der Waals surface area (Å²) in [6.45, 7) is 0. The maximum absolute atomic E-state index is 12.2. The number of nitrogens with zero attached hydrogens (tertiary/aromatic N) is 1. The Morgan fingerprint density at radius 1 is 1.18 bits per heavy atom. The average Bonchev–Trinajstić information content (AvgIpc) is 2.44. The predicted molar refractivity (Wildman–Crippen MR) is 88.5 cm³/mol. The highest BCUT2D eigenvalue weighted by molar-refractivity contribution is 7.91. The van der Waals surface area contributed by atoms with Crippen molar-refractivity contribution in [1.29, 1.82) is 0 Å². The number of methoxy groups -OCH3 is 1. The van der Waals surface area contributed by atoms with Crippen molar-refractivity contribution in [3.05, 3.63) is 51.2 Å². The van der Waals surface area contributed by atoms with E-state index in [-0.39, 0.29) is 22.3 Å². The maximum Gasteiger partial charge on any atom is 0.237 e. The molecule has 0 radical (unpaired) electrons. The molecule has 5 nitrogen and oxygen atoms in total. The van der Waals surface area contributed by atoms with Gasteiger partial charge in [-0.15, -0.1) is 0 Å². The fraction of sp³-hybridized carbons (Fsp3) is 0.154. The number of ether oxygens (including phenoxy) is 1. The third kappa shape index (κ3) is 4.39. The lowest BCUT2D eigenvalue weighted by Gasteiger charge is -2.12. The number of halogens is 3. The molecule has 1 heterocycles. The van der Waals surface area contributed by atoms with Gasteiger partial charge in [-0.1, -0.05) is 40.9 Å². The van der Waals surface area contributed by atoms with Gasteiger partial charge in [0, 0.05) is 6.07 Å². The van der Waals surface area contributed by atoms with Crippen molar-refractivity contribution < 1.29 is 13.2 Å². The van der Waals surface area contributed by atoms with E-state index in [9.17, 15) is 8.42 Å². The summed E-state index contributed by atoms with van der Waals surface area (Å²) in [4.78, 5) is 3.82. The second kappa shape index (κ2) is 6.91. The van der Waals surface area contributed by atoms with Crippen LogP contribution in [0.25, 0.3) is 0 Å². The highest BCUT2D eigenvalue weighted by atomic mass is 35.5. The Morgan fingerprint density at radius 2 is 1.91 bits per heavy atom. The molecule has 0 aliphatic carbocycles. The van der Waals surface area contributed by atoms with Gasteiger partial charge in [-0.3, -0.25) is 4.72 Å². The van der Waals surface area contributed by atoms with Crippen LogP contribution < -0.4 is 9.46 Å². The standard InChI is InChI=1S/C13H11Cl3N2O3S/c1-21-12-5-13(16)17-6-11(12)18-22(19,20)7-8-2-3-9(14)10(15)4-8/h2-6,18H,7H2,1H3. The molecule has 0 aliphatic heterocycles. The number of hydrogen-bond donors (Lipinski definition) is 1. The summed E-state index contributed by atoms with van der Waals surface area (Å²) in [6, 6.07) is 6.04. The molecule has 22 heavy (non-hydrogen) atoms. The van der Waals surface area contributed by atoms with E-state index in [4.69, 9.17) is 39.5 Å². The molecule has 0 unspecified atom stereocenters. The lowest BCUT2D eigenvalue weighted by molar-refractivity contribution is 0.416. The number of nitrogens with one attached hydrogen (secondary N) is 1. The number of benzene rings is 1. The zero-order valence-electron chi connectivity index (χ0n) is 11.3. The Hall–Kier alpha value is -1.21. The molecule has 0 spiro atoms. The Bertz CT molecular complexity index is 797. The minimum atomic E-state index is -3.68. The topological polar surface area (TPSA) is 68.3 Å². The molecule has 1 aromatic carbocycles. The minimum Gasteiger partial charge on any atom is -0.494 e. The van der Waals surface area contributed by atoms with Crippen LogP contribution in [0.2, 0.25) is 15.2 Å². The number of hydrogen-bond acceptors (Lipinski definition) is 4. The number of anilines is 1. The van der Waals surface area contributed by atoms with Gasteiger partial charge >= 0.3 is 0 Å². The van der Waals surface area contributed by atoms with Crippen LogP contribution in [0.5, 0.6) is 5.75 Å². The summed E-state index contributed by atoms with van der Waals surface area (Å²) in [7, 11) is -2.27. The normalized spacial score (nSPS) is 11.3. The van der Waals surface area contributed by atoms with Gasteiger partial charge in [0.15, 0.2) is 0 Å². The second-order valence-electron chi connectivity index (χ2n) is 4.32. The minimum absolute atomic E-state index is 0.198. The number of aromatic nitrogens is 1. The van der Waals surface area contributed by atoms with E-state index in [0.29, 0.717) is 15.6 Å². The summed E-state index contributed by atoms with van der Waals surface area (Å²) >= 11 is 17.4. The van der Waals surface area contributed by atoms with E-state index >= 15 is 0 Å². The van der Waals surface area contributed by atoms with Crippen molar-refractivity contribution in [2.45, 2.75) is 5.75 Å². The molecule has 1 N–H and O–H groups in total. The molecule has 0 amide bonds. The van der Waals surface area contributed by atoms with Gasteiger partial charge in [-0.05, 0) is 17.7 Å². The van der Waals surface area contributed by atoms with E-state index < -0.39 is 10.0 Å². The van der Waals surface area contributed by atoms with Gasteiger partial charge in [-0.2, -0.15) is 0 Å². The molecule has 0 bridgehead atoms. The first-order chi connectivity index (χ1) is 10.3. The maximum atomic E-state index is 12.2. The van der Waals surface area contributed by atoms with Crippen molar-refractivity contribution in [2.75, 3.05) is 11.8 Å². The first kappa shape index (κ1) is 17.1. The predicted octanol–water partition coefficient (Wildman–Crippen LogP) is 3.99. The van der Waals surface area contributed by atoms with Crippen molar-refractivity contribution in [3.8, 4) is 5.75 Å². The molecule has 0 aliphatic rings. The van der Waals surface area contributed by atoms with Gasteiger partial charge in [-0.25, -0.2) is 13.4 Å². The summed E-state index contributed by atoms with van der Waals surface area (Å²) in [5.74, 6) is 0.00748. The molecule has 0 saturated carbocycles. The Labute approximate surface area is 143 Å². The molecule has 2 rings (SSSR count). The SMILES string of the molecule is COc1cc(Cl)ncc1NS(=O)(=O)Cc1ccc(Cl)c(Cl)c1. The Balaban J connectivity index is 2.22. The van der Waals surface area contributed by atoms with Crippen LogP contribution in [-0.4, -0.2) is 20.5 Å². The molecular formula is C13H11Cl3N2O3S. The molecule has 0 fully saturated rings. The summed E-state index contributed by atoms with van der Waals surface area (Å²) in [5, 5.41) is 0.851. The van der Waals surface area contributed by atoms with Crippen LogP contribution in [0.4, 0.5) is 5.69 Å². The largest absolute Gasteiger partial charge is 0.494 e. The van der Waals surface area contributed by atoms with Gasteiger partial charge in [0.05, 0.1) is 29.1 Å². The van der Waals surface area contributed by atoms with Crippen LogP contribution in [0.15, 0.2) is 30.5 Å². The first-order valence-electron chi connectivity index (χ1n) is 5.94. The Morgan fingerprint density at radius 3 is 2.55 bits per heavy atom. The smallest absolute Gasteiger partial charge is 0.237 e. The molecule has 118 valence electrons.